The summed E-state index contributed by atoms with van der Waals surface area (Å²) in [6.45, 7) is 3.49. The van der Waals surface area contributed by atoms with Gasteiger partial charge in [0.1, 0.15) is 5.78 Å². The van der Waals surface area contributed by atoms with E-state index in [2.05, 4.69) is 10.2 Å². The Labute approximate surface area is 88.1 Å². The summed E-state index contributed by atoms with van der Waals surface area (Å²) in [5.74, 6) is 0.110. The number of Topliss-reactive ketones (excluding diaryl/α,β-unsaturated/α-hetero) is 1. The molecule has 1 aromatic heterocycles. The molecule has 0 atom stereocenters. The summed E-state index contributed by atoms with van der Waals surface area (Å²) in [5.41, 5.74) is 1.67. The number of aryl methyl sites for hydroxylation is 1. The molecule has 0 bridgehead atoms. The first-order valence-electron chi connectivity index (χ1n) is 4.89. The van der Waals surface area contributed by atoms with Crippen LogP contribution in [0.4, 0.5) is 0 Å². The highest BCUT2D eigenvalue weighted by molar-refractivity contribution is 5.89. The molecule has 1 aromatic carbocycles. The highest BCUT2D eigenvalue weighted by Crippen LogP contribution is 2.18. The molecule has 15 heavy (non-hydrogen) atoms. The van der Waals surface area contributed by atoms with Crippen LogP contribution in [0.1, 0.15) is 18.3 Å². The van der Waals surface area contributed by atoms with E-state index in [0.717, 1.165) is 22.2 Å². The van der Waals surface area contributed by atoms with E-state index in [1.807, 2.05) is 31.2 Å². The van der Waals surface area contributed by atoms with E-state index in [1.165, 1.54) is 0 Å². The van der Waals surface area contributed by atoms with Gasteiger partial charge in [-0.1, -0.05) is 24.3 Å². The van der Waals surface area contributed by atoms with Gasteiger partial charge in [-0.25, -0.2) is 0 Å². The lowest BCUT2D eigenvalue weighted by atomic mass is 10.1. The topological polar surface area (TPSA) is 42.9 Å². The Balaban J connectivity index is 2.66. The number of nitrogens with zero attached hydrogens (tertiary/aromatic N) is 2. The first-order valence-corrected chi connectivity index (χ1v) is 4.89. The lowest BCUT2D eigenvalue weighted by Gasteiger charge is -2.04. The largest absolute Gasteiger partial charge is 0.300 e. The molecule has 0 N–H and O–H groups in total. The molecule has 2 aromatic rings. The fourth-order valence-electron chi connectivity index (χ4n) is 1.66. The van der Waals surface area contributed by atoms with Gasteiger partial charge in [-0.15, -0.1) is 0 Å². The lowest BCUT2D eigenvalue weighted by molar-refractivity contribution is -0.116. The van der Waals surface area contributed by atoms with Crippen LogP contribution in [-0.4, -0.2) is 16.0 Å². The van der Waals surface area contributed by atoms with Crippen molar-refractivity contribution in [2.24, 2.45) is 0 Å². The number of fused-ring (bicyclic) bond motifs is 1. The molecule has 0 saturated carbocycles. The molecule has 0 unspecified atom stereocenters. The average molecular weight is 200 g/mol. The van der Waals surface area contributed by atoms with Gasteiger partial charge in [0.15, 0.2) is 0 Å². The fraction of sp³-hybridized carbons (Fsp3) is 0.250. The van der Waals surface area contributed by atoms with Gasteiger partial charge in [-0.2, -0.15) is 10.2 Å². The maximum atomic E-state index is 11.1. The summed E-state index contributed by atoms with van der Waals surface area (Å²) in [5, 5.41) is 10.2. The third-order valence-corrected chi connectivity index (χ3v) is 2.36. The van der Waals surface area contributed by atoms with Crippen LogP contribution in [0.25, 0.3) is 10.8 Å². The first kappa shape index (κ1) is 9.77. The molecule has 0 aliphatic heterocycles. The fourth-order valence-corrected chi connectivity index (χ4v) is 1.66. The lowest BCUT2D eigenvalue weighted by Crippen LogP contribution is -2.03. The van der Waals surface area contributed by atoms with E-state index >= 15 is 0 Å². The van der Waals surface area contributed by atoms with E-state index in [0.29, 0.717) is 6.42 Å². The van der Waals surface area contributed by atoms with Crippen molar-refractivity contribution in [1.29, 1.82) is 0 Å². The van der Waals surface area contributed by atoms with Crippen LogP contribution in [0.5, 0.6) is 0 Å². The van der Waals surface area contributed by atoms with E-state index in [9.17, 15) is 4.79 Å². The summed E-state index contributed by atoms with van der Waals surface area (Å²) >= 11 is 0. The summed E-state index contributed by atoms with van der Waals surface area (Å²) in [6, 6.07) is 7.90. The number of ketones is 1. The molecule has 2 rings (SSSR count). The van der Waals surface area contributed by atoms with E-state index in [-0.39, 0.29) is 5.78 Å². The molecule has 0 aliphatic carbocycles. The Morgan fingerprint density at radius 3 is 2.53 bits per heavy atom. The van der Waals surface area contributed by atoms with Gasteiger partial charge in [0.2, 0.25) is 0 Å². The minimum atomic E-state index is 0.110. The van der Waals surface area contributed by atoms with Crippen LogP contribution in [0.3, 0.4) is 0 Å². The van der Waals surface area contributed by atoms with Gasteiger partial charge in [0.25, 0.3) is 0 Å². The van der Waals surface area contributed by atoms with E-state index < -0.39 is 0 Å². The quantitative estimate of drug-likeness (QED) is 0.745. The SMILES string of the molecule is CC(=O)Cc1nnc(C)c2ccccc12. The van der Waals surface area contributed by atoms with Crippen molar-refractivity contribution in [2.45, 2.75) is 20.3 Å². The Bertz CT molecular complexity index is 520. The Morgan fingerprint density at radius 1 is 1.20 bits per heavy atom. The second-order valence-electron chi connectivity index (χ2n) is 3.66. The molecule has 0 aliphatic rings. The highest BCUT2D eigenvalue weighted by Gasteiger charge is 2.07. The van der Waals surface area contributed by atoms with Crippen molar-refractivity contribution in [1.82, 2.24) is 10.2 Å². The van der Waals surface area contributed by atoms with Crippen molar-refractivity contribution in [3.05, 3.63) is 35.7 Å². The zero-order valence-corrected chi connectivity index (χ0v) is 8.82. The van der Waals surface area contributed by atoms with E-state index in [4.69, 9.17) is 0 Å². The van der Waals surface area contributed by atoms with Gasteiger partial charge < -0.3 is 0 Å². The minimum absolute atomic E-state index is 0.110. The summed E-state index contributed by atoms with van der Waals surface area (Å²) in [4.78, 5) is 11.1. The molecule has 0 saturated heterocycles. The Kier molecular flexibility index (Phi) is 2.46. The third kappa shape index (κ3) is 1.86. The second kappa shape index (κ2) is 3.77. The molecule has 1 heterocycles. The summed E-state index contributed by atoms with van der Waals surface area (Å²) < 4.78 is 0. The van der Waals surface area contributed by atoms with Crippen LogP contribution >= 0.6 is 0 Å². The number of aromatic nitrogens is 2. The molecule has 76 valence electrons. The zero-order valence-electron chi connectivity index (χ0n) is 8.82. The number of hydrogen-bond acceptors (Lipinski definition) is 3. The van der Waals surface area contributed by atoms with Crippen molar-refractivity contribution in [3.63, 3.8) is 0 Å². The first-order chi connectivity index (χ1) is 7.18. The summed E-state index contributed by atoms with van der Waals surface area (Å²) in [7, 11) is 0. The number of rotatable bonds is 2. The predicted molar refractivity (Wildman–Crippen MR) is 58.7 cm³/mol. The van der Waals surface area contributed by atoms with Gasteiger partial charge in [-0.05, 0) is 13.8 Å². The van der Waals surface area contributed by atoms with Gasteiger partial charge >= 0.3 is 0 Å². The van der Waals surface area contributed by atoms with Crippen LogP contribution in [-0.2, 0) is 11.2 Å². The normalized spacial score (nSPS) is 10.5. The minimum Gasteiger partial charge on any atom is -0.300 e. The molecule has 3 heteroatoms. The molecular weight excluding hydrogens is 188 g/mol. The highest BCUT2D eigenvalue weighted by atomic mass is 16.1. The maximum absolute atomic E-state index is 11.1. The number of hydrogen-bond donors (Lipinski definition) is 0. The number of carbonyl (C=O) groups excluding carboxylic acids is 1. The number of carbonyl (C=O) groups is 1. The van der Waals surface area contributed by atoms with Crippen molar-refractivity contribution in [3.8, 4) is 0 Å². The van der Waals surface area contributed by atoms with Gasteiger partial charge in [0.05, 0.1) is 17.8 Å². The van der Waals surface area contributed by atoms with Gasteiger partial charge in [-0.3, -0.25) is 4.79 Å². The van der Waals surface area contributed by atoms with E-state index in [1.54, 1.807) is 6.92 Å². The van der Waals surface area contributed by atoms with Crippen LogP contribution in [0.2, 0.25) is 0 Å². The van der Waals surface area contributed by atoms with Crippen molar-refractivity contribution < 1.29 is 4.79 Å². The Morgan fingerprint density at radius 2 is 1.87 bits per heavy atom. The van der Waals surface area contributed by atoms with Crippen molar-refractivity contribution >= 4 is 16.6 Å². The second-order valence-corrected chi connectivity index (χ2v) is 3.66. The van der Waals surface area contributed by atoms with Gasteiger partial charge in [0, 0.05) is 10.8 Å². The average Bonchev–Trinajstić information content (AvgIpc) is 2.22. The molecule has 0 spiro atoms. The maximum Gasteiger partial charge on any atom is 0.135 e. The number of benzene rings is 1. The van der Waals surface area contributed by atoms with Crippen LogP contribution < -0.4 is 0 Å². The monoisotopic (exact) mass is 200 g/mol. The standard InChI is InChI=1S/C12H12N2O/c1-8(15)7-12-11-6-4-3-5-10(11)9(2)13-14-12/h3-6H,7H2,1-2H3. The molecule has 0 radical (unpaired) electrons. The zero-order chi connectivity index (χ0) is 10.8. The van der Waals surface area contributed by atoms with Crippen LogP contribution in [0, 0.1) is 6.92 Å². The Hall–Kier alpha value is -1.77. The summed E-state index contributed by atoms with van der Waals surface area (Å²) in [6.07, 6.45) is 0.355. The molecular formula is C12H12N2O. The smallest absolute Gasteiger partial charge is 0.135 e. The predicted octanol–water partition coefficient (Wildman–Crippen LogP) is 2.07. The third-order valence-electron chi connectivity index (χ3n) is 2.36. The van der Waals surface area contributed by atoms with Crippen LogP contribution in [0.15, 0.2) is 24.3 Å². The molecule has 0 fully saturated rings. The van der Waals surface area contributed by atoms with Crippen molar-refractivity contribution in [2.75, 3.05) is 0 Å². The molecule has 3 nitrogen and oxygen atoms in total. The molecule has 0 amide bonds.